The smallest absolute Gasteiger partial charge is 0.255 e. The van der Waals surface area contributed by atoms with Gasteiger partial charge in [-0.05, 0) is 13.0 Å². The molecular formula is C10H12ClNO4S. The van der Waals surface area contributed by atoms with E-state index in [1.165, 1.54) is 12.3 Å². The summed E-state index contributed by atoms with van der Waals surface area (Å²) >= 11 is 5.89. The van der Waals surface area contributed by atoms with Crippen molar-refractivity contribution in [2.75, 3.05) is 11.5 Å². The van der Waals surface area contributed by atoms with Gasteiger partial charge in [0.1, 0.15) is 5.76 Å². The number of sulfone groups is 1. The van der Waals surface area contributed by atoms with Crippen molar-refractivity contribution in [3.63, 3.8) is 0 Å². The second-order valence-corrected chi connectivity index (χ2v) is 6.78. The summed E-state index contributed by atoms with van der Waals surface area (Å²) in [6, 6.07) is 1.00. The van der Waals surface area contributed by atoms with Gasteiger partial charge in [-0.3, -0.25) is 4.79 Å². The summed E-state index contributed by atoms with van der Waals surface area (Å²) in [4.78, 5) is 11.8. The molecule has 1 aromatic heterocycles. The minimum atomic E-state index is -3.14. The SMILES string of the molecule is Cc1occc1C(=O)NC1CS(=O)(=O)CC1Cl. The lowest BCUT2D eigenvalue weighted by atomic mass is 10.2. The zero-order chi connectivity index (χ0) is 12.6. The summed E-state index contributed by atoms with van der Waals surface area (Å²) in [6.07, 6.45) is 1.41. The van der Waals surface area contributed by atoms with Crippen LogP contribution in [0.5, 0.6) is 0 Å². The summed E-state index contributed by atoms with van der Waals surface area (Å²) < 4.78 is 27.7. The van der Waals surface area contributed by atoms with Gasteiger partial charge in [-0.25, -0.2) is 8.42 Å². The molecule has 1 aromatic rings. The molecule has 0 saturated carbocycles. The largest absolute Gasteiger partial charge is 0.469 e. The molecule has 1 saturated heterocycles. The average molecular weight is 278 g/mol. The van der Waals surface area contributed by atoms with Crippen LogP contribution in [0.15, 0.2) is 16.7 Å². The monoisotopic (exact) mass is 277 g/mol. The zero-order valence-corrected chi connectivity index (χ0v) is 10.7. The number of alkyl halides is 1. The van der Waals surface area contributed by atoms with Crippen LogP contribution < -0.4 is 5.32 Å². The molecule has 0 aliphatic carbocycles. The Morgan fingerprint density at radius 1 is 1.53 bits per heavy atom. The molecule has 2 unspecified atom stereocenters. The van der Waals surface area contributed by atoms with Crippen LogP contribution >= 0.6 is 11.6 Å². The fourth-order valence-corrected chi connectivity index (χ4v) is 4.35. The summed E-state index contributed by atoms with van der Waals surface area (Å²) in [5.41, 5.74) is 0.401. The number of aryl methyl sites for hydroxylation is 1. The first kappa shape index (κ1) is 12.4. The minimum Gasteiger partial charge on any atom is -0.469 e. The van der Waals surface area contributed by atoms with Crippen LogP contribution in [0.3, 0.4) is 0 Å². The molecular weight excluding hydrogens is 266 g/mol. The molecule has 94 valence electrons. The van der Waals surface area contributed by atoms with E-state index in [1.54, 1.807) is 6.92 Å². The van der Waals surface area contributed by atoms with Gasteiger partial charge in [0.05, 0.1) is 34.8 Å². The van der Waals surface area contributed by atoms with Gasteiger partial charge < -0.3 is 9.73 Å². The highest BCUT2D eigenvalue weighted by molar-refractivity contribution is 7.91. The lowest BCUT2D eigenvalue weighted by Crippen LogP contribution is -2.40. The first-order valence-electron chi connectivity index (χ1n) is 5.08. The Balaban J connectivity index is 2.08. The van der Waals surface area contributed by atoms with E-state index in [4.69, 9.17) is 16.0 Å². The second kappa shape index (κ2) is 4.34. The van der Waals surface area contributed by atoms with Crippen molar-refractivity contribution in [2.45, 2.75) is 18.3 Å². The second-order valence-electron chi connectivity index (χ2n) is 4.06. The quantitative estimate of drug-likeness (QED) is 0.808. The summed E-state index contributed by atoms with van der Waals surface area (Å²) in [7, 11) is -3.14. The molecule has 1 fully saturated rings. The number of halogens is 1. The summed E-state index contributed by atoms with van der Waals surface area (Å²) in [5.74, 6) is -0.0632. The van der Waals surface area contributed by atoms with E-state index in [-0.39, 0.29) is 17.4 Å². The molecule has 0 spiro atoms. The lowest BCUT2D eigenvalue weighted by Gasteiger charge is -2.13. The zero-order valence-electron chi connectivity index (χ0n) is 9.14. The topological polar surface area (TPSA) is 76.4 Å². The highest BCUT2D eigenvalue weighted by Crippen LogP contribution is 2.19. The fraction of sp³-hybridized carbons (Fsp3) is 0.500. The number of hydrogen-bond acceptors (Lipinski definition) is 4. The molecule has 1 aliphatic heterocycles. The van der Waals surface area contributed by atoms with Gasteiger partial charge in [0.15, 0.2) is 9.84 Å². The van der Waals surface area contributed by atoms with Crippen LogP contribution in [0.4, 0.5) is 0 Å². The molecule has 1 aliphatic rings. The summed E-state index contributed by atoms with van der Waals surface area (Å²) in [5, 5.41) is 2.04. The van der Waals surface area contributed by atoms with Gasteiger partial charge in [0, 0.05) is 0 Å². The Morgan fingerprint density at radius 3 is 2.71 bits per heavy atom. The van der Waals surface area contributed by atoms with Crippen LogP contribution in [-0.4, -0.2) is 37.2 Å². The van der Waals surface area contributed by atoms with Crippen molar-refractivity contribution < 1.29 is 17.6 Å². The van der Waals surface area contributed by atoms with Crippen LogP contribution in [0.2, 0.25) is 0 Å². The number of hydrogen-bond donors (Lipinski definition) is 1. The van der Waals surface area contributed by atoms with Crippen LogP contribution in [0, 0.1) is 6.92 Å². The highest BCUT2D eigenvalue weighted by atomic mass is 35.5. The van der Waals surface area contributed by atoms with Crippen LogP contribution in [0.25, 0.3) is 0 Å². The molecule has 1 N–H and O–H groups in total. The van der Waals surface area contributed by atoms with E-state index in [0.717, 1.165) is 0 Å². The maximum absolute atomic E-state index is 11.8. The predicted octanol–water partition coefficient (Wildman–Crippen LogP) is 0.722. The number of furan rings is 1. The Labute approximate surface area is 104 Å². The Morgan fingerprint density at radius 2 is 2.24 bits per heavy atom. The number of carbonyl (C=O) groups excluding carboxylic acids is 1. The fourth-order valence-electron chi connectivity index (χ4n) is 1.80. The van der Waals surface area contributed by atoms with Crippen LogP contribution in [0.1, 0.15) is 16.1 Å². The number of carbonyl (C=O) groups is 1. The van der Waals surface area contributed by atoms with Crippen molar-refractivity contribution in [1.29, 1.82) is 0 Å². The summed E-state index contributed by atoms with van der Waals surface area (Å²) in [6.45, 7) is 1.67. The number of nitrogens with one attached hydrogen (secondary N) is 1. The highest BCUT2D eigenvalue weighted by Gasteiger charge is 2.37. The molecule has 1 amide bonds. The average Bonchev–Trinajstić information content (AvgIpc) is 2.71. The van der Waals surface area contributed by atoms with Crippen molar-refractivity contribution in [1.82, 2.24) is 5.32 Å². The minimum absolute atomic E-state index is 0.0934. The molecule has 0 aromatic carbocycles. The first-order valence-corrected chi connectivity index (χ1v) is 7.34. The van der Waals surface area contributed by atoms with E-state index in [1.807, 2.05) is 0 Å². The molecule has 2 rings (SSSR count). The third-order valence-corrected chi connectivity index (χ3v) is 5.08. The van der Waals surface area contributed by atoms with E-state index in [0.29, 0.717) is 11.3 Å². The maximum Gasteiger partial charge on any atom is 0.255 e. The Kier molecular flexibility index (Phi) is 3.18. The van der Waals surface area contributed by atoms with Gasteiger partial charge in [0.2, 0.25) is 0 Å². The maximum atomic E-state index is 11.8. The molecule has 2 atom stereocenters. The predicted molar refractivity (Wildman–Crippen MR) is 63.0 cm³/mol. The van der Waals surface area contributed by atoms with Gasteiger partial charge in [0.25, 0.3) is 5.91 Å². The Bertz CT molecular complexity index is 536. The van der Waals surface area contributed by atoms with Crippen LogP contribution in [-0.2, 0) is 9.84 Å². The third-order valence-electron chi connectivity index (χ3n) is 2.70. The van der Waals surface area contributed by atoms with Crippen molar-refractivity contribution >= 4 is 27.3 Å². The first-order chi connectivity index (χ1) is 7.89. The molecule has 17 heavy (non-hydrogen) atoms. The van der Waals surface area contributed by atoms with Gasteiger partial charge in [-0.15, -0.1) is 11.6 Å². The molecule has 7 heteroatoms. The molecule has 2 heterocycles. The van der Waals surface area contributed by atoms with E-state index < -0.39 is 21.3 Å². The van der Waals surface area contributed by atoms with Crippen molar-refractivity contribution in [3.05, 3.63) is 23.7 Å². The number of rotatable bonds is 2. The van der Waals surface area contributed by atoms with Crippen molar-refractivity contribution in [3.8, 4) is 0 Å². The molecule has 5 nitrogen and oxygen atoms in total. The lowest BCUT2D eigenvalue weighted by molar-refractivity contribution is 0.0940. The molecule has 0 bridgehead atoms. The van der Waals surface area contributed by atoms with Gasteiger partial charge >= 0.3 is 0 Å². The van der Waals surface area contributed by atoms with E-state index >= 15 is 0 Å². The third kappa shape index (κ3) is 2.63. The van der Waals surface area contributed by atoms with Gasteiger partial charge in [-0.1, -0.05) is 0 Å². The van der Waals surface area contributed by atoms with Gasteiger partial charge in [-0.2, -0.15) is 0 Å². The standard InChI is InChI=1S/C10H12ClNO4S/c1-6-7(2-3-16-6)10(13)12-9-5-17(14,15)4-8(9)11/h2-3,8-9H,4-5H2,1H3,(H,12,13). The van der Waals surface area contributed by atoms with E-state index in [2.05, 4.69) is 5.32 Å². The number of amides is 1. The normalized spacial score (nSPS) is 26.9. The molecule has 0 radical (unpaired) electrons. The Hall–Kier alpha value is -1.01. The van der Waals surface area contributed by atoms with Crippen molar-refractivity contribution in [2.24, 2.45) is 0 Å². The van der Waals surface area contributed by atoms with E-state index in [9.17, 15) is 13.2 Å².